The zero-order valence-electron chi connectivity index (χ0n) is 6.60. The third-order valence-corrected chi connectivity index (χ3v) is 1.01. The summed E-state index contributed by atoms with van der Waals surface area (Å²) in [5.74, 6) is -0.817. The highest BCUT2D eigenvalue weighted by Gasteiger charge is 2.27. The number of alkyl halides is 3. The quantitative estimate of drug-likeness (QED) is 0.388. The molecule has 0 heterocycles. The van der Waals surface area contributed by atoms with Crippen LogP contribution in [0.15, 0.2) is 0 Å². The Balaban J connectivity index is 3.41. The molecule has 5 nitrogen and oxygen atoms in total. The summed E-state index contributed by atoms with van der Waals surface area (Å²) in [5, 5.41) is 0. The zero-order chi connectivity index (χ0) is 10.5. The number of primary amides is 1. The Morgan fingerprint density at radius 1 is 1.54 bits per heavy atom. The minimum absolute atomic E-state index is 0.259. The summed E-state index contributed by atoms with van der Waals surface area (Å²) in [7, 11) is 0. The fourth-order valence-electron chi connectivity index (χ4n) is 0.382. The van der Waals surface area contributed by atoms with Crippen LogP contribution in [0.25, 0.3) is 0 Å². The second-order valence-electron chi connectivity index (χ2n) is 2.26. The number of carbonyl (C=O) groups excluding carboxylic acids is 1. The largest absolute Gasteiger partial charge is 0.413 e. The van der Waals surface area contributed by atoms with Gasteiger partial charge in [0.15, 0.2) is 6.61 Å². The summed E-state index contributed by atoms with van der Waals surface area (Å²) >= 11 is 0. The molecule has 0 saturated carbocycles. The molecular weight excluding hydrogens is 191 g/mol. The Hall–Kier alpha value is -0.860. The van der Waals surface area contributed by atoms with Crippen LogP contribution in [0.4, 0.5) is 13.2 Å². The molecule has 0 aromatic heterocycles. The summed E-state index contributed by atoms with van der Waals surface area (Å²) in [5.41, 5.74) is 11.7. The van der Waals surface area contributed by atoms with Crippen molar-refractivity contribution in [3.63, 3.8) is 0 Å². The topological polar surface area (TPSA) is 90.4 Å². The van der Waals surface area contributed by atoms with Gasteiger partial charge >= 0.3 is 6.18 Å². The van der Waals surface area contributed by atoms with Crippen LogP contribution in [0.5, 0.6) is 0 Å². The molecule has 0 bridgehead atoms. The molecule has 0 rings (SSSR count). The molecule has 0 saturated heterocycles. The highest BCUT2D eigenvalue weighted by molar-refractivity contribution is 5.79. The molecular formula is C5H10F3N3O2. The minimum Gasteiger partial charge on any atom is -0.368 e. The first kappa shape index (κ1) is 12.1. The predicted molar refractivity (Wildman–Crippen MR) is 37.2 cm³/mol. The van der Waals surface area contributed by atoms with E-state index in [2.05, 4.69) is 4.84 Å². The average Bonchev–Trinajstić information content (AvgIpc) is 1.95. The Morgan fingerprint density at radius 3 is 2.46 bits per heavy atom. The minimum atomic E-state index is -4.41. The Kier molecular flexibility index (Phi) is 4.67. The summed E-state index contributed by atoms with van der Waals surface area (Å²) in [6, 6.07) is -1.06. The fraction of sp³-hybridized carbons (Fsp3) is 0.800. The van der Waals surface area contributed by atoms with Gasteiger partial charge in [0.1, 0.15) is 0 Å². The van der Waals surface area contributed by atoms with E-state index in [0.717, 1.165) is 0 Å². The van der Waals surface area contributed by atoms with E-state index in [1.54, 1.807) is 0 Å². The van der Waals surface area contributed by atoms with E-state index < -0.39 is 24.7 Å². The van der Waals surface area contributed by atoms with Gasteiger partial charge in [-0.3, -0.25) is 9.63 Å². The molecule has 0 aromatic carbocycles. The number of hydrogen-bond donors (Lipinski definition) is 3. The highest BCUT2D eigenvalue weighted by atomic mass is 19.4. The lowest BCUT2D eigenvalue weighted by Crippen LogP contribution is -2.44. The Morgan fingerprint density at radius 2 is 2.08 bits per heavy atom. The van der Waals surface area contributed by atoms with Gasteiger partial charge in [0.2, 0.25) is 5.91 Å². The van der Waals surface area contributed by atoms with E-state index in [4.69, 9.17) is 11.5 Å². The van der Waals surface area contributed by atoms with Crippen molar-refractivity contribution in [1.29, 1.82) is 0 Å². The maximum absolute atomic E-state index is 11.5. The van der Waals surface area contributed by atoms with Crippen LogP contribution in [0, 0.1) is 0 Å². The SMILES string of the molecule is NC(=O)C(N)CNOCC(F)(F)F. The van der Waals surface area contributed by atoms with Crippen molar-refractivity contribution in [1.82, 2.24) is 5.48 Å². The molecule has 1 unspecified atom stereocenters. The molecule has 0 aliphatic carbocycles. The van der Waals surface area contributed by atoms with Gasteiger partial charge in [-0.15, -0.1) is 0 Å². The Bertz CT molecular complexity index is 173. The van der Waals surface area contributed by atoms with Crippen LogP contribution < -0.4 is 16.9 Å². The second kappa shape index (κ2) is 5.00. The smallest absolute Gasteiger partial charge is 0.368 e. The number of amides is 1. The average molecular weight is 201 g/mol. The van der Waals surface area contributed by atoms with E-state index in [1.165, 1.54) is 0 Å². The van der Waals surface area contributed by atoms with Gasteiger partial charge in [-0.25, -0.2) is 5.48 Å². The van der Waals surface area contributed by atoms with Crippen molar-refractivity contribution >= 4 is 5.91 Å². The van der Waals surface area contributed by atoms with Crippen LogP contribution >= 0.6 is 0 Å². The van der Waals surface area contributed by atoms with E-state index in [0.29, 0.717) is 0 Å². The van der Waals surface area contributed by atoms with Gasteiger partial charge < -0.3 is 11.5 Å². The van der Waals surface area contributed by atoms with Crippen LogP contribution in [-0.2, 0) is 9.63 Å². The molecule has 0 radical (unpaired) electrons. The van der Waals surface area contributed by atoms with Crippen molar-refractivity contribution in [2.24, 2.45) is 11.5 Å². The number of carbonyl (C=O) groups is 1. The van der Waals surface area contributed by atoms with E-state index in [1.807, 2.05) is 5.48 Å². The molecule has 1 amide bonds. The molecule has 8 heteroatoms. The van der Waals surface area contributed by atoms with Gasteiger partial charge in [-0.2, -0.15) is 13.2 Å². The maximum atomic E-state index is 11.5. The number of hydrogen-bond acceptors (Lipinski definition) is 4. The third kappa shape index (κ3) is 7.50. The van der Waals surface area contributed by atoms with E-state index >= 15 is 0 Å². The van der Waals surface area contributed by atoms with Gasteiger partial charge in [-0.05, 0) is 0 Å². The second-order valence-corrected chi connectivity index (χ2v) is 2.26. The van der Waals surface area contributed by atoms with Crippen molar-refractivity contribution in [2.75, 3.05) is 13.2 Å². The predicted octanol–water partition coefficient (Wildman–Crippen LogP) is -1.12. The lowest BCUT2D eigenvalue weighted by atomic mass is 10.3. The zero-order valence-corrected chi connectivity index (χ0v) is 6.60. The summed E-state index contributed by atoms with van der Waals surface area (Å²) in [6.45, 7) is -1.70. The summed E-state index contributed by atoms with van der Waals surface area (Å²) < 4.78 is 34.4. The normalized spacial score (nSPS) is 14.2. The summed E-state index contributed by atoms with van der Waals surface area (Å²) in [6.07, 6.45) is -4.41. The first-order valence-corrected chi connectivity index (χ1v) is 3.29. The molecule has 78 valence electrons. The van der Waals surface area contributed by atoms with Crippen LogP contribution in [0.1, 0.15) is 0 Å². The maximum Gasteiger partial charge on any atom is 0.413 e. The molecule has 13 heavy (non-hydrogen) atoms. The van der Waals surface area contributed by atoms with E-state index in [9.17, 15) is 18.0 Å². The molecule has 0 spiro atoms. The number of hydroxylamine groups is 1. The molecule has 0 aliphatic rings. The number of rotatable bonds is 5. The lowest BCUT2D eigenvalue weighted by Gasteiger charge is -2.10. The standard InChI is InChI=1S/C5H10F3N3O2/c6-5(7,8)2-13-11-1-3(9)4(10)12/h3,11H,1-2,9H2,(H2,10,12). The molecule has 0 fully saturated rings. The number of nitrogens with two attached hydrogens (primary N) is 2. The van der Waals surface area contributed by atoms with Crippen molar-refractivity contribution in [2.45, 2.75) is 12.2 Å². The Labute approximate surface area is 72.2 Å². The van der Waals surface area contributed by atoms with Crippen LogP contribution in [0.2, 0.25) is 0 Å². The molecule has 0 aromatic rings. The molecule has 0 aliphatic heterocycles. The van der Waals surface area contributed by atoms with Crippen molar-refractivity contribution in [3.05, 3.63) is 0 Å². The third-order valence-electron chi connectivity index (χ3n) is 1.01. The first-order valence-electron chi connectivity index (χ1n) is 3.29. The highest BCUT2D eigenvalue weighted by Crippen LogP contribution is 2.13. The number of halogens is 3. The number of nitrogens with one attached hydrogen (secondary N) is 1. The van der Waals surface area contributed by atoms with Crippen molar-refractivity contribution < 1.29 is 22.8 Å². The lowest BCUT2D eigenvalue weighted by molar-refractivity contribution is -0.189. The van der Waals surface area contributed by atoms with Gasteiger partial charge in [-0.1, -0.05) is 0 Å². The van der Waals surface area contributed by atoms with Gasteiger partial charge in [0.05, 0.1) is 6.04 Å². The summed E-state index contributed by atoms with van der Waals surface area (Å²) in [4.78, 5) is 14.2. The molecule has 1 atom stereocenters. The van der Waals surface area contributed by atoms with Gasteiger partial charge in [0.25, 0.3) is 0 Å². The first-order chi connectivity index (χ1) is 5.83. The van der Waals surface area contributed by atoms with Crippen LogP contribution in [0.3, 0.4) is 0 Å². The van der Waals surface area contributed by atoms with Gasteiger partial charge in [0, 0.05) is 6.54 Å². The van der Waals surface area contributed by atoms with Crippen molar-refractivity contribution in [3.8, 4) is 0 Å². The molecule has 5 N–H and O–H groups in total. The van der Waals surface area contributed by atoms with E-state index in [-0.39, 0.29) is 6.54 Å². The van der Waals surface area contributed by atoms with Crippen LogP contribution in [-0.4, -0.2) is 31.3 Å². The fourth-order valence-corrected chi connectivity index (χ4v) is 0.382. The monoisotopic (exact) mass is 201 g/mol.